The highest BCUT2D eigenvalue weighted by molar-refractivity contribution is 6.35. The van der Waals surface area contributed by atoms with Crippen molar-refractivity contribution in [2.75, 3.05) is 0 Å². The van der Waals surface area contributed by atoms with E-state index < -0.39 is 4.92 Å². The van der Waals surface area contributed by atoms with Crippen molar-refractivity contribution in [3.8, 4) is 5.75 Å². The Morgan fingerprint density at radius 1 is 1.22 bits per heavy atom. The van der Waals surface area contributed by atoms with Crippen molar-refractivity contribution < 1.29 is 14.2 Å². The van der Waals surface area contributed by atoms with E-state index in [-0.39, 0.29) is 23.7 Å². The standard InChI is InChI=1S/C19H14Cl2N2O4/c1-12-19(23(24)25)18(27-22-12)9-7-13-4-2-3-5-17(13)26-11-14-6-8-15(20)10-16(14)21/h2-10H,11H2,1H3/b9-7-. The minimum absolute atomic E-state index is 0.0769. The van der Waals surface area contributed by atoms with E-state index >= 15 is 0 Å². The molecule has 0 atom stereocenters. The molecule has 0 fully saturated rings. The van der Waals surface area contributed by atoms with E-state index in [4.69, 9.17) is 32.5 Å². The van der Waals surface area contributed by atoms with E-state index in [2.05, 4.69) is 5.16 Å². The minimum atomic E-state index is -0.517. The van der Waals surface area contributed by atoms with Crippen LogP contribution in [0.3, 0.4) is 0 Å². The molecule has 2 aromatic carbocycles. The van der Waals surface area contributed by atoms with Crippen molar-refractivity contribution in [1.82, 2.24) is 5.16 Å². The van der Waals surface area contributed by atoms with Crippen molar-refractivity contribution in [2.45, 2.75) is 13.5 Å². The van der Waals surface area contributed by atoms with Crippen molar-refractivity contribution in [3.05, 3.63) is 85.2 Å². The van der Waals surface area contributed by atoms with E-state index in [0.717, 1.165) is 11.1 Å². The van der Waals surface area contributed by atoms with Crippen LogP contribution in [0.2, 0.25) is 10.0 Å². The summed E-state index contributed by atoms with van der Waals surface area (Å²) in [6, 6.07) is 12.5. The largest absolute Gasteiger partial charge is 0.488 e. The first kappa shape index (κ1) is 18.9. The summed E-state index contributed by atoms with van der Waals surface area (Å²) < 4.78 is 10.9. The van der Waals surface area contributed by atoms with Gasteiger partial charge in [-0.3, -0.25) is 10.1 Å². The first-order valence-corrected chi connectivity index (χ1v) is 8.66. The molecule has 0 amide bonds. The molecule has 0 radical (unpaired) electrons. The Morgan fingerprint density at radius 2 is 2.00 bits per heavy atom. The molecule has 0 N–H and O–H groups in total. The third-order valence-electron chi connectivity index (χ3n) is 3.77. The van der Waals surface area contributed by atoms with E-state index in [1.165, 1.54) is 13.0 Å². The van der Waals surface area contributed by atoms with Crippen LogP contribution in [0.5, 0.6) is 5.75 Å². The average molecular weight is 405 g/mol. The molecule has 0 spiro atoms. The highest BCUT2D eigenvalue weighted by atomic mass is 35.5. The lowest BCUT2D eigenvalue weighted by Crippen LogP contribution is -1.97. The zero-order valence-electron chi connectivity index (χ0n) is 14.2. The Bertz CT molecular complexity index is 1010. The summed E-state index contributed by atoms with van der Waals surface area (Å²) in [5.41, 5.74) is 1.59. The van der Waals surface area contributed by atoms with E-state index in [1.807, 2.05) is 18.2 Å². The first-order chi connectivity index (χ1) is 13.0. The molecule has 0 aliphatic heterocycles. The second kappa shape index (κ2) is 8.24. The number of aryl methyl sites for hydroxylation is 1. The number of halogens is 2. The molecule has 3 aromatic rings. The minimum Gasteiger partial charge on any atom is -0.488 e. The highest BCUT2D eigenvalue weighted by Gasteiger charge is 2.22. The molecule has 138 valence electrons. The summed E-state index contributed by atoms with van der Waals surface area (Å²) in [5.74, 6) is 0.673. The van der Waals surface area contributed by atoms with Gasteiger partial charge >= 0.3 is 5.69 Å². The van der Waals surface area contributed by atoms with Gasteiger partial charge < -0.3 is 9.26 Å². The van der Waals surface area contributed by atoms with E-state index in [1.54, 1.807) is 30.3 Å². The summed E-state index contributed by atoms with van der Waals surface area (Å²) >= 11 is 12.1. The summed E-state index contributed by atoms with van der Waals surface area (Å²) in [6.45, 7) is 1.77. The van der Waals surface area contributed by atoms with Crippen LogP contribution in [-0.4, -0.2) is 10.1 Å². The molecule has 8 heteroatoms. The lowest BCUT2D eigenvalue weighted by Gasteiger charge is -2.10. The average Bonchev–Trinajstić information content (AvgIpc) is 3.01. The maximum Gasteiger partial charge on any atom is 0.338 e. The molecular formula is C19H14Cl2N2O4. The van der Waals surface area contributed by atoms with Crippen LogP contribution < -0.4 is 4.74 Å². The normalized spacial score (nSPS) is 11.1. The number of hydrogen-bond donors (Lipinski definition) is 0. The predicted octanol–water partition coefficient (Wildman–Crippen LogP) is 5.95. The zero-order valence-corrected chi connectivity index (χ0v) is 15.7. The van der Waals surface area contributed by atoms with Gasteiger partial charge in [0.15, 0.2) is 5.69 Å². The van der Waals surface area contributed by atoms with Gasteiger partial charge in [-0.1, -0.05) is 52.6 Å². The number of hydrogen-bond acceptors (Lipinski definition) is 5. The van der Waals surface area contributed by atoms with Crippen LogP contribution in [0.15, 0.2) is 47.0 Å². The molecule has 0 unspecified atom stereocenters. The fourth-order valence-electron chi connectivity index (χ4n) is 2.42. The first-order valence-electron chi connectivity index (χ1n) is 7.90. The fourth-order valence-corrected chi connectivity index (χ4v) is 2.89. The van der Waals surface area contributed by atoms with Gasteiger partial charge in [0.25, 0.3) is 0 Å². The van der Waals surface area contributed by atoms with Crippen LogP contribution in [0.1, 0.15) is 22.6 Å². The third kappa shape index (κ3) is 4.48. The number of ether oxygens (including phenoxy) is 1. The zero-order chi connectivity index (χ0) is 19.4. The van der Waals surface area contributed by atoms with Crippen molar-refractivity contribution >= 4 is 41.0 Å². The third-order valence-corrected chi connectivity index (χ3v) is 4.36. The molecule has 0 aliphatic carbocycles. The SMILES string of the molecule is Cc1noc(/C=C\c2ccccc2OCc2ccc(Cl)cc2Cl)c1[N+](=O)[O-]. The molecule has 27 heavy (non-hydrogen) atoms. The van der Waals surface area contributed by atoms with Crippen LogP contribution in [0.4, 0.5) is 5.69 Å². The monoisotopic (exact) mass is 404 g/mol. The van der Waals surface area contributed by atoms with Crippen molar-refractivity contribution in [2.24, 2.45) is 0 Å². The number of aromatic nitrogens is 1. The number of rotatable bonds is 6. The lowest BCUT2D eigenvalue weighted by atomic mass is 10.1. The summed E-state index contributed by atoms with van der Waals surface area (Å²) in [6.07, 6.45) is 3.17. The quantitative estimate of drug-likeness (QED) is 0.374. The molecule has 0 bridgehead atoms. The molecule has 0 aliphatic rings. The summed E-state index contributed by atoms with van der Waals surface area (Å²) in [7, 11) is 0. The summed E-state index contributed by atoms with van der Waals surface area (Å²) in [4.78, 5) is 10.6. The van der Waals surface area contributed by atoms with Crippen LogP contribution in [0.25, 0.3) is 12.2 Å². The van der Waals surface area contributed by atoms with Gasteiger partial charge in [0.1, 0.15) is 12.4 Å². The Morgan fingerprint density at radius 3 is 2.74 bits per heavy atom. The van der Waals surface area contributed by atoms with Gasteiger partial charge in [-0.15, -0.1) is 0 Å². The number of nitrogens with zero attached hydrogens (tertiary/aromatic N) is 2. The van der Waals surface area contributed by atoms with Gasteiger partial charge in [-0.25, -0.2) is 0 Å². The molecular weight excluding hydrogens is 391 g/mol. The molecule has 1 heterocycles. The van der Waals surface area contributed by atoms with Crippen molar-refractivity contribution in [1.29, 1.82) is 0 Å². The maximum absolute atomic E-state index is 11.1. The maximum atomic E-state index is 11.1. The molecule has 0 saturated heterocycles. The lowest BCUT2D eigenvalue weighted by molar-refractivity contribution is -0.386. The Labute approximate surface area is 165 Å². The Kier molecular flexibility index (Phi) is 5.78. The number of nitro groups is 1. The van der Waals surface area contributed by atoms with Crippen LogP contribution in [0, 0.1) is 17.0 Å². The molecule has 3 rings (SSSR count). The van der Waals surface area contributed by atoms with E-state index in [0.29, 0.717) is 15.8 Å². The van der Waals surface area contributed by atoms with Gasteiger partial charge in [-0.2, -0.15) is 0 Å². The van der Waals surface area contributed by atoms with Gasteiger partial charge in [0.2, 0.25) is 5.76 Å². The molecule has 1 aromatic heterocycles. The second-order valence-electron chi connectivity index (χ2n) is 5.63. The van der Waals surface area contributed by atoms with Crippen LogP contribution in [-0.2, 0) is 6.61 Å². The Balaban J connectivity index is 1.81. The highest BCUT2D eigenvalue weighted by Crippen LogP contribution is 2.28. The van der Waals surface area contributed by atoms with Gasteiger partial charge in [-0.05, 0) is 37.3 Å². The predicted molar refractivity (Wildman–Crippen MR) is 104 cm³/mol. The summed E-state index contributed by atoms with van der Waals surface area (Å²) in [5, 5.41) is 15.8. The Hall–Kier alpha value is -2.83. The smallest absolute Gasteiger partial charge is 0.338 e. The molecule has 0 saturated carbocycles. The van der Waals surface area contributed by atoms with Gasteiger partial charge in [0, 0.05) is 21.2 Å². The molecule has 6 nitrogen and oxygen atoms in total. The number of benzene rings is 2. The second-order valence-corrected chi connectivity index (χ2v) is 6.48. The van der Waals surface area contributed by atoms with Crippen LogP contribution >= 0.6 is 23.2 Å². The number of para-hydroxylation sites is 1. The van der Waals surface area contributed by atoms with Crippen molar-refractivity contribution in [3.63, 3.8) is 0 Å². The fraction of sp³-hybridized carbons (Fsp3) is 0.105. The topological polar surface area (TPSA) is 78.4 Å². The van der Waals surface area contributed by atoms with E-state index in [9.17, 15) is 10.1 Å². The van der Waals surface area contributed by atoms with Gasteiger partial charge in [0.05, 0.1) is 4.92 Å².